The lowest BCUT2D eigenvalue weighted by atomic mass is 10.0. The number of halogens is 3. The smallest absolute Gasteiger partial charge is 0.280 e. The summed E-state index contributed by atoms with van der Waals surface area (Å²) in [7, 11) is 0. The Kier molecular flexibility index (Phi) is 6.11. The number of hydrogen-bond donors (Lipinski definition) is 0. The summed E-state index contributed by atoms with van der Waals surface area (Å²) in [6.07, 6.45) is 1.66. The van der Waals surface area contributed by atoms with Gasteiger partial charge in [-0.25, -0.2) is 18.2 Å². The second-order valence-corrected chi connectivity index (χ2v) is 7.74. The molecule has 3 aromatic rings. The zero-order valence-corrected chi connectivity index (χ0v) is 17.1. The molecule has 0 saturated carbocycles. The molecule has 0 N–H and O–H groups in total. The molecule has 1 atom stereocenters. The number of alkyl halides is 2. The van der Waals surface area contributed by atoms with Crippen LogP contribution in [0.4, 0.5) is 13.2 Å². The Balaban J connectivity index is 1.50. The Labute approximate surface area is 177 Å². The number of oxazole rings is 1. The molecule has 1 aromatic carbocycles. The van der Waals surface area contributed by atoms with Gasteiger partial charge >= 0.3 is 0 Å². The molecule has 1 unspecified atom stereocenters. The summed E-state index contributed by atoms with van der Waals surface area (Å²) in [5.41, 5.74) is 0.925. The molecule has 1 saturated heterocycles. The highest BCUT2D eigenvalue weighted by molar-refractivity contribution is 5.76. The summed E-state index contributed by atoms with van der Waals surface area (Å²) >= 11 is 0. The molecule has 164 valence electrons. The van der Waals surface area contributed by atoms with Gasteiger partial charge in [-0.2, -0.15) is 5.10 Å². The summed E-state index contributed by atoms with van der Waals surface area (Å²) in [5.74, 6) is 0.351. The van der Waals surface area contributed by atoms with Crippen LogP contribution in [0, 0.1) is 12.7 Å². The summed E-state index contributed by atoms with van der Waals surface area (Å²) in [5, 5.41) is 4.04. The lowest BCUT2D eigenvalue weighted by Crippen LogP contribution is -2.40. The second kappa shape index (κ2) is 8.95. The molecule has 1 aliphatic heterocycles. The third-order valence-electron chi connectivity index (χ3n) is 5.39. The quantitative estimate of drug-likeness (QED) is 0.571. The number of aromatic nitrogens is 3. The van der Waals surface area contributed by atoms with E-state index in [9.17, 15) is 18.0 Å². The first-order chi connectivity index (χ1) is 14.9. The number of benzene rings is 1. The van der Waals surface area contributed by atoms with Gasteiger partial charge in [0, 0.05) is 13.0 Å². The van der Waals surface area contributed by atoms with E-state index in [0.29, 0.717) is 36.7 Å². The first-order valence-electron chi connectivity index (χ1n) is 10.2. The van der Waals surface area contributed by atoms with Gasteiger partial charge < -0.3 is 9.32 Å². The third kappa shape index (κ3) is 4.81. The van der Waals surface area contributed by atoms with E-state index in [1.54, 1.807) is 30.2 Å². The van der Waals surface area contributed by atoms with Crippen molar-refractivity contribution < 1.29 is 22.4 Å². The Morgan fingerprint density at radius 1 is 1.29 bits per heavy atom. The molecule has 1 fully saturated rings. The van der Waals surface area contributed by atoms with Gasteiger partial charge in [-0.1, -0.05) is 12.1 Å². The second-order valence-electron chi connectivity index (χ2n) is 7.74. The summed E-state index contributed by atoms with van der Waals surface area (Å²) in [4.78, 5) is 19.0. The van der Waals surface area contributed by atoms with E-state index in [4.69, 9.17) is 4.42 Å². The van der Waals surface area contributed by atoms with E-state index < -0.39 is 6.43 Å². The Morgan fingerprint density at radius 2 is 2.13 bits per heavy atom. The topological polar surface area (TPSA) is 64.2 Å². The maximum Gasteiger partial charge on any atom is 0.280 e. The molecule has 6 nitrogen and oxygen atoms in total. The molecular formula is C22H23F3N4O2. The molecule has 1 aliphatic rings. The number of carbonyl (C=O) groups excluding carboxylic acids is 1. The average Bonchev–Trinajstić information content (AvgIpc) is 3.34. The predicted octanol–water partition coefficient (Wildman–Crippen LogP) is 4.60. The van der Waals surface area contributed by atoms with E-state index in [-0.39, 0.29) is 30.0 Å². The SMILES string of the molecule is Cc1cc(C(F)F)n(CC(=O)N2CCCCC2c2ncc(Cc3cccc(F)c3)o2)n1. The predicted molar refractivity (Wildman–Crippen MR) is 106 cm³/mol. The van der Waals surface area contributed by atoms with Gasteiger partial charge in [0.2, 0.25) is 11.8 Å². The van der Waals surface area contributed by atoms with E-state index >= 15 is 0 Å². The van der Waals surface area contributed by atoms with Crippen molar-refractivity contribution in [1.29, 1.82) is 0 Å². The van der Waals surface area contributed by atoms with Crippen LogP contribution in [-0.2, 0) is 17.8 Å². The van der Waals surface area contributed by atoms with Crippen molar-refractivity contribution in [3.63, 3.8) is 0 Å². The number of hydrogen-bond acceptors (Lipinski definition) is 4. The molecule has 0 radical (unpaired) electrons. The molecule has 4 rings (SSSR count). The fraction of sp³-hybridized carbons (Fsp3) is 0.409. The monoisotopic (exact) mass is 432 g/mol. The minimum atomic E-state index is -2.71. The normalized spacial score (nSPS) is 16.8. The highest BCUT2D eigenvalue weighted by Crippen LogP contribution is 2.31. The van der Waals surface area contributed by atoms with Crippen molar-refractivity contribution in [3.8, 4) is 0 Å². The number of amides is 1. The van der Waals surface area contributed by atoms with E-state index in [0.717, 1.165) is 23.1 Å². The molecule has 1 amide bonds. The molecule has 2 aromatic heterocycles. The van der Waals surface area contributed by atoms with Crippen molar-refractivity contribution in [2.24, 2.45) is 0 Å². The summed E-state index contributed by atoms with van der Waals surface area (Å²) < 4.78 is 46.9. The number of carbonyl (C=O) groups is 1. The van der Waals surface area contributed by atoms with Gasteiger partial charge in [0.25, 0.3) is 6.43 Å². The summed E-state index contributed by atoms with van der Waals surface area (Å²) in [6, 6.07) is 7.17. The van der Waals surface area contributed by atoms with Gasteiger partial charge in [0.1, 0.15) is 29.9 Å². The van der Waals surface area contributed by atoms with Crippen LogP contribution in [0.15, 0.2) is 40.9 Å². The van der Waals surface area contributed by atoms with Crippen molar-refractivity contribution in [2.45, 2.75) is 51.6 Å². The van der Waals surface area contributed by atoms with Crippen LogP contribution in [0.1, 0.15) is 60.3 Å². The van der Waals surface area contributed by atoms with Gasteiger partial charge in [0.05, 0.1) is 11.9 Å². The minimum Gasteiger partial charge on any atom is -0.443 e. The zero-order valence-electron chi connectivity index (χ0n) is 17.1. The van der Waals surface area contributed by atoms with Gasteiger partial charge in [-0.15, -0.1) is 0 Å². The van der Waals surface area contributed by atoms with Crippen LogP contribution in [0.25, 0.3) is 0 Å². The Hall–Kier alpha value is -3.10. The lowest BCUT2D eigenvalue weighted by Gasteiger charge is -2.34. The van der Waals surface area contributed by atoms with Crippen molar-refractivity contribution in [1.82, 2.24) is 19.7 Å². The fourth-order valence-electron chi connectivity index (χ4n) is 3.98. The molecule has 3 heterocycles. The number of likely N-dealkylation sites (tertiary alicyclic amines) is 1. The van der Waals surface area contributed by atoms with Gasteiger partial charge in [-0.3, -0.25) is 9.48 Å². The molecule has 0 spiro atoms. The maximum absolute atomic E-state index is 13.4. The fourth-order valence-corrected chi connectivity index (χ4v) is 3.98. The van der Waals surface area contributed by atoms with Crippen molar-refractivity contribution >= 4 is 5.91 Å². The van der Waals surface area contributed by atoms with E-state index in [1.165, 1.54) is 18.2 Å². The van der Waals surface area contributed by atoms with Crippen LogP contribution < -0.4 is 0 Å². The number of piperidine rings is 1. The minimum absolute atomic E-state index is 0.263. The van der Waals surface area contributed by atoms with Crippen LogP contribution in [0.3, 0.4) is 0 Å². The molecular weight excluding hydrogens is 409 g/mol. The zero-order chi connectivity index (χ0) is 22.0. The van der Waals surface area contributed by atoms with Crippen LogP contribution in [0.5, 0.6) is 0 Å². The molecule has 0 bridgehead atoms. The summed E-state index contributed by atoms with van der Waals surface area (Å²) in [6.45, 7) is 1.85. The van der Waals surface area contributed by atoms with Crippen LogP contribution >= 0.6 is 0 Å². The lowest BCUT2D eigenvalue weighted by molar-refractivity contribution is -0.136. The standard InChI is InChI=1S/C22H23F3N4O2/c1-14-9-19(21(24)25)29(27-14)13-20(30)28-8-3-2-7-18(28)22-26-12-17(31-22)11-15-5-4-6-16(23)10-15/h4-6,9-10,12,18,21H,2-3,7-8,11,13H2,1H3. The van der Waals surface area contributed by atoms with Gasteiger partial charge in [0.15, 0.2) is 0 Å². The highest BCUT2D eigenvalue weighted by atomic mass is 19.3. The average molecular weight is 432 g/mol. The first-order valence-corrected chi connectivity index (χ1v) is 10.2. The highest BCUT2D eigenvalue weighted by Gasteiger charge is 2.32. The number of aryl methyl sites for hydroxylation is 1. The Bertz CT molecular complexity index is 1060. The van der Waals surface area contributed by atoms with E-state index in [1.807, 2.05) is 0 Å². The van der Waals surface area contributed by atoms with Crippen LogP contribution in [0.2, 0.25) is 0 Å². The van der Waals surface area contributed by atoms with Crippen LogP contribution in [-0.4, -0.2) is 32.1 Å². The molecule has 9 heteroatoms. The number of nitrogens with zero attached hydrogens (tertiary/aromatic N) is 4. The molecule has 0 aliphatic carbocycles. The van der Waals surface area contributed by atoms with Gasteiger partial charge in [-0.05, 0) is 49.9 Å². The third-order valence-corrected chi connectivity index (χ3v) is 5.39. The van der Waals surface area contributed by atoms with E-state index in [2.05, 4.69) is 10.1 Å². The Morgan fingerprint density at radius 3 is 2.90 bits per heavy atom. The first kappa shape index (κ1) is 21.1. The molecule has 31 heavy (non-hydrogen) atoms. The number of rotatable bonds is 6. The van der Waals surface area contributed by atoms with Crippen molar-refractivity contribution in [3.05, 3.63) is 70.9 Å². The maximum atomic E-state index is 13.4. The largest absolute Gasteiger partial charge is 0.443 e. The van der Waals surface area contributed by atoms with Crippen molar-refractivity contribution in [2.75, 3.05) is 6.54 Å².